The first-order valence-corrected chi connectivity index (χ1v) is 9.32. The monoisotopic (exact) mass is 352 g/mol. The van der Waals surface area contributed by atoms with Crippen LogP contribution in [0.2, 0.25) is 0 Å². The zero-order chi connectivity index (χ0) is 18.2. The van der Waals surface area contributed by atoms with Crippen molar-refractivity contribution in [3.05, 3.63) is 65.7 Å². The molecule has 0 unspecified atom stereocenters. The van der Waals surface area contributed by atoms with Gasteiger partial charge in [-0.25, -0.2) is 4.99 Å². The van der Waals surface area contributed by atoms with Crippen LogP contribution in [0.3, 0.4) is 0 Å². The van der Waals surface area contributed by atoms with Crippen molar-refractivity contribution in [2.24, 2.45) is 4.99 Å². The summed E-state index contributed by atoms with van der Waals surface area (Å²) in [5, 5.41) is 13.0. The van der Waals surface area contributed by atoms with Crippen LogP contribution in [-0.4, -0.2) is 53.6 Å². The summed E-state index contributed by atoms with van der Waals surface area (Å²) in [5.41, 5.74) is 2.38. The maximum absolute atomic E-state index is 9.60. The number of piperazine rings is 1. The second-order valence-corrected chi connectivity index (χ2v) is 6.59. The Hall–Kier alpha value is -2.53. The van der Waals surface area contributed by atoms with E-state index < -0.39 is 0 Å². The Bertz CT molecular complexity index is 709. The van der Waals surface area contributed by atoms with Gasteiger partial charge in [-0.05, 0) is 30.2 Å². The van der Waals surface area contributed by atoms with E-state index in [1.165, 1.54) is 5.56 Å². The van der Waals surface area contributed by atoms with Crippen molar-refractivity contribution < 1.29 is 5.11 Å². The highest BCUT2D eigenvalue weighted by atomic mass is 16.3. The highest BCUT2D eigenvalue weighted by Crippen LogP contribution is 2.13. The van der Waals surface area contributed by atoms with E-state index in [1.54, 1.807) is 12.1 Å². The molecule has 0 aromatic heterocycles. The molecule has 1 heterocycles. The normalized spacial score (nSPS) is 15.9. The Morgan fingerprint density at radius 2 is 1.73 bits per heavy atom. The van der Waals surface area contributed by atoms with E-state index in [9.17, 15) is 5.11 Å². The summed E-state index contributed by atoms with van der Waals surface area (Å²) in [7, 11) is 0. The molecule has 2 N–H and O–H groups in total. The van der Waals surface area contributed by atoms with Gasteiger partial charge >= 0.3 is 0 Å². The molecule has 0 radical (unpaired) electrons. The topological polar surface area (TPSA) is 51.1 Å². The minimum absolute atomic E-state index is 0.289. The predicted octanol–water partition coefficient (Wildman–Crippen LogP) is 2.68. The van der Waals surface area contributed by atoms with Crippen LogP contribution in [0.1, 0.15) is 18.1 Å². The van der Waals surface area contributed by atoms with Crippen LogP contribution < -0.4 is 5.32 Å². The third kappa shape index (κ3) is 5.23. The third-order valence-corrected chi connectivity index (χ3v) is 4.58. The molecule has 0 amide bonds. The molecule has 0 saturated carbocycles. The molecule has 26 heavy (non-hydrogen) atoms. The number of benzene rings is 2. The fraction of sp³-hybridized carbons (Fsp3) is 0.381. The number of phenolic OH excluding ortho intramolecular Hbond substituents is 1. The summed E-state index contributed by atoms with van der Waals surface area (Å²) in [6.45, 7) is 8.53. The Morgan fingerprint density at radius 3 is 2.42 bits per heavy atom. The zero-order valence-corrected chi connectivity index (χ0v) is 15.4. The van der Waals surface area contributed by atoms with Crippen LogP contribution in [0.4, 0.5) is 0 Å². The van der Waals surface area contributed by atoms with E-state index in [0.717, 1.165) is 50.8 Å². The number of hydrogen-bond donors (Lipinski definition) is 2. The fourth-order valence-corrected chi connectivity index (χ4v) is 3.21. The van der Waals surface area contributed by atoms with Crippen molar-refractivity contribution in [2.45, 2.75) is 20.0 Å². The number of hydrogen-bond acceptors (Lipinski definition) is 3. The molecule has 5 heteroatoms. The number of nitrogens with one attached hydrogen (secondary N) is 1. The van der Waals surface area contributed by atoms with Crippen LogP contribution in [0.15, 0.2) is 59.6 Å². The lowest BCUT2D eigenvalue weighted by Gasteiger charge is -2.36. The van der Waals surface area contributed by atoms with E-state index in [-0.39, 0.29) is 5.75 Å². The number of nitrogens with zero attached hydrogens (tertiary/aromatic N) is 3. The number of aliphatic imine (C=N–C) groups is 1. The van der Waals surface area contributed by atoms with Crippen LogP contribution in [0, 0.1) is 0 Å². The summed E-state index contributed by atoms with van der Waals surface area (Å²) in [5.74, 6) is 1.24. The zero-order valence-electron chi connectivity index (χ0n) is 15.4. The standard InChI is InChI=1S/C21H28N4O/c1-2-22-21(23-16-19-9-6-10-20(26)15-19)25-13-11-24(12-14-25)17-18-7-4-3-5-8-18/h3-10,15,26H,2,11-14,16-17H2,1H3,(H,22,23). The molecule has 1 saturated heterocycles. The number of phenols is 1. The van der Waals surface area contributed by atoms with Crippen molar-refractivity contribution >= 4 is 5.96 Å². The highest BCUT2D eigenvalue weighted by Gasteiger charge is 2.19. The average molecular weight is 352 g/mol. The molecule has 1 aliphatic rings. The van der Waals surface area contributed by atoms with Crippen LogP contribution in [0.5, 0.6) is 5.75 Å². The molecule has 0 aliphatic carbocycles. The molecule has 1 aliphatic heterocycles. The van der Waals surface area contributed by atoms with Gasteiger partial charge in [-0.2, -0.15) is 0 Å². The molecule has 2 aromatic carbocycles. The van der Waals surface area contributed by atoms with E-state index in [0.29, 0.717) is 6.54 Å². The first kappa shape index (κ1) is 18.3. The highest BCUT2D eigenvalue weighted by molar-refractivity contribution is 5.80. The fourth-order valence-electron chi connectivity index (χ4n) is 3.21. The Balaban J connectivity index is 1.56. The lowest BCUT2D eigenvalue weighted by atomic mass is 10.2. The molecule has 0 atom stereocenters. The minimum Gasteiger partial charge on any atom is -0.508 e. The van der Waals surface area contributed by atoms with Gasteiger partial charge < -0.3 is 15.3 Å². The Labute approximate surface area is 156 Å². The van der Waals surface area contributed by atoms with E-state index in [1.807, 2.05) is 12.1 Å². The van der Waals surface area contributed by atoms with Crippen molar-refractivity contribution in [3.8, 4) is 5.75 Å². The molecule has 1 fully saturated rings. The molecule has 3 rings (SSSR count). The summed E-state index contributed by atoms with van der Waals surface area (Å²) >= 11 is 0. The predicted molar refractivity (Wildman–Crippen MR) is 106 cm³/mol. The smallest absolute Gasteiger partial charge is 0.194 e. The van der Waals surface area contributed by atoms with Crippen LogP contribution in [-0.2, 0) is 13.1 Å². The van der Waals surface area contributed by atoms with Gasteiger partial charge in [0.2, 0.25) is 0 Å². The van der Waals surface area contributed by atoms with E-state index >= 15 is 0 Å². The van der Waals surface area contributed by atoms with Gasteiger partial charge in [0.05, 0.1) is 6.54 Å². The molecule has 2 aromatic rings. The SMILES string of the molecule is CCNC(=NCc1cccc(O)c1)N1CCN(Cc2ccccc2)CC1. The second-order valence-electron chi connectivity index (χ2n) is 6.59. The second kappa shape index (κ2) is 9.25. The van der Waals surface area contributed by atoms with Crippen LogP contribution in [0.25, 0.3) is 0 Å². The van der Waals surface area contributed by atoms with Crippen molar-refractivity contribution in [3.63, 3.8) is 0 Å². The molecular formula is C21H28N4O. The van der Waals surface area contributed by atoms with Gasteiger partial charge in [-0.3, -0.25) is 4.90 Å². The minimum atomic E-state index is 0.289. The lowest BCUT2D eigenvalue weighted by Crippen LogP contribution is -2.52. The largest absolute Gasteiger partial charge is 0.508 e. The van der Waals surface area contributed by atoms with Crippen molar-refractivity contribution in [1.82, 2.24) is 15.1 Å². The maximum atomic E-state index is 9.60. The Kier molecular flexibility index (Phi) is 6.50. The average Bonchev–Trinajstić information content (AvgIpc) is 2.67. The summed E-state index contributed by atoms with van der Waals surface area (Å²) in [6.07, 6.45) is 0. The summed E-state index contributed by atoms with van der Waals surface area (Å²) in [6, 6.07) is 17.9. The molecule has 0 bridgehead atoms. The van der Waals surface area contributed by atoms with Gasteiger partial charge in [0, 0.05) is 39.3 Å². The third-order valence-electron chi connectivity index (χ3n) is 4.58. The van der Waals surface area contributed by atoms with Gasteiger partial charge in [0.15, 0.2) is 5.96 Å². The quantitative estimate of drug-likeness (QED) is 0.642. The molecular weight excluding hydrogens is 324 g/mol. The number of guanidine groups is 1. The first-order chi connectivity index (χ1) is 12.7. The molecule has 138 valence electrons. The van der Waals surface area contributed by atoms with Crippen molar-refractivity contribution in [2.75, 3.05) is 32.7 Å². The van der Waals surface area contributed by atoms with Gasteiger partial charge in [-0.1, -0.05) is 42.5 Å². The number of rotatable bonds is 5. The summed E-state index contributed by atoms with van der Waals surface area (Å²) in [4.78, 5) is 9.58. The van der Waals surface area contributed by atoms with Gasteiger partial charge in [0.25, 0.3) is 0 Å². The Morgan fingerprint density at radius 1 is 1.00 bits per heavy atom. The van der Waals surface area contributed by atoms with Crippen LogP contribution >= 0.6 is 0 Å². The lowest BCUT2D eigenvalue weighted by molar-refractivity contribution is 0.172. The van der Waals surface area contributed by atoms with E-state index in [4.69, 9.17) is 4.99 Å². The summed E-state index contributed by atoms with van der Waals surface area (Å²) < 4.78 is 0. The maximum Gasteiger partial charge on any atom is 0.194 e. The van der Waals surface area contributed by atoms with E-state index in [2.05, 4.69) is 52.4 Å². The van der Waals surface area contributed by atoms with Gasteiger partial charge in [-0.15, -0.1) is 0 Å². The molecule has 0 spiro atoms. The molecule has 5 nitrogen and oxygen atoms in total. The number of aromatic hydroxyl groups is 1. The first-order valence-electron chi connectivity index (χ1n) is 9.32. The van der Waals surface area contributed by atoms with Crippen molar-refractivity contribution in [1.29, 1.82) is 0 Å². The van der Waals surface area contributed by atoms with Gasteiger partial charge in [0.1, 0.15) is 5.75 Å².